The van der Waals surface area contributed by atoms with Gasteiger partial charge in [0, 0.05) is 0 Å². The number of allylic oxidation sites excluding steroid dienone is 2. The Balaban J connectivity index is 2.13. The zero-order chi connectivity index (χ0) is 9.52. The molecule has 1 unspecified atom stereocenters. The summed E-state index contributed by atoms with van der Waals surface area (Å²) in [6, 6.07) is 0. The Hall–Kier alpha value is 0.272. The Kier molecular flexibility index (Phi) is 5.84. The van der Waals surface area contributed by atoms with Crippen molar-refractivity contribution in [3.8, 4) is 0 Å². The molecule has 0 N–H and O–H groups in total. The average Bonchev–Trinajstić information content (AvgIpc) is 2.21. The fourth-order valence-electron chi connectivity index (χ4n) is 2.29. The van der Waals surface area contributed by atoms with Crippen LogP contribution >= 0.6 is 0 Å². The maximum Gasteiger partial charge on any atom is 0.261 e. The smallest absolute Gasteiger partial charge is 0.0967 e. The second-order valence-corrected chi connectivity index (χ2v) is 8.35. The van der Waals surface area contributed by atoms with E-state index in [1.165, 1.54) is 36.2 Å². The molecule has 74 valence electrons. The predicted molar refractivity (Wildman–Crippen MR) is 62.6 cm³/mol. The Morgan fingerprint density at radius 3 is 2.54 bits per heavy atom. The third-order valence-electron chi connectivity index (χ3n) is 3.52. The minimum Gasteiger partial charge on any atom is -0.0967 e. The molecule has 1 aliphatic rings. The zero-order valence-corrected chi connectivity index (χ0v) is 10.4. The van der Waals surface area contributed by atoms with Gasteiger partial charge in [0.1, 0.15) is 0 Å². The third-order valence-corrected chi connectivity index (χ3v) is 6.97. The van der Waals surface area contributed by atoms with Crippen molar-refractivity contribution in [2.75, 3.05) is 0 Å². The van der Waals surface area contributed by atoms with Crippen molar-refractivity contribution in [1.29, 1.82) is 0 Å². The lowest BCUT2D eigenvalue weighted by Crippen LogP contribution is -2.12. The fraction of sp³-hybridized carbons (Fsp3) is 0.833. The highest BCUT2D eigenvalue weighted by molar-refractivity contribution is 6.58. The normalized spacial score (nSPS) is 21.8. The summed E-state index contributed by atoms with van der Waals surface area (Å²) in [5.74, 6) is 1.04. The predicted octanol–water partition coefficient (Wildman–Crippen LogP) is 4.27. The van der Waals surface area contributed by atoms with Crippen molar-refractivity contribution in [3.05, 3.63) is 12.2 Å². The molecule has 0 radical (unpaired) electrons. The van der Waals surface area contributed by atoms with Crippen LogP contribution in [0.15, 0.2) is 12.2 Å². The average molecular weight is 194 g/mol. The van der Waals surface area contributed by atoms with E-state index < -0.39 is 0 Å². The molecular weight excluding hydrogens is 171 g/mol. The summed E-state index contributed by atoms with van der Waals surface area (Å²) in [5, 5.41) is 4.63. The van der Waals surface area contributed by atoms with Crippen LogP contribution in [-0.4, -0.2) is 14.1 Å². The van der Waals surface area contributed by atoms with E-state index in [2.05, 4.69) is 26.0 Å². The lowest BCUT2D eigenvalue weighted by molar-refractivity contribution is 0.463. The number of rotatable bonds is 5. The second kappa shape index (κ2) is 6.69. The molecule has 0 aromatic carbocycles. The van der Waals surface area contributed by atoms with E-state index in [0.29, 0.717) is 0 Å². The van der Waals surface area contributed by atoms with Crippen LogP contribution in [0, 0.1) is 5.92 Å². The second-order valence-electron chi connectivity index (χ2n) is 4.41. The molecule has 0 heterocycles. The largest absolute Gasteiger partial charge is 0.261 e. The van der Waals surface area contributed by atoms with Crippen molar-refractivity contribution in [3.63, 3.8) is 0 Å². The number of hydrogen-bond acceptors (Lipinski definition) is 0. The van der Waals surface area contributed by atoms with Crippen LogP contribution in [0.5, 0.6) is 0 Å². The topological polar surface area (TPSA) is 0 Å². The van der Waals surface area contributed by atoms with Crippen molar-refractivity contribution < 1.29 is 0 Å². The van der Waals surface area contributed by atoms with Gasteiger partial charge in [-0.1, -0.05) is 48.3 Å². The summed E-state index contributed by atoms with van der Waals surface area (Å²) in [6.07, 6.45) is 10.4. The van der Waals surface area contributed by atoms with Crippen molar-refractivity contribution in [1.82, 2.24) is 0 Å². The SMILES string of the molecule is C[CH2][Al]([CH2]C)[CH2]CC1CC=CCC1. The van der Waals surface area contributed by atoms with Gasteiger partial charge in [-0.25, -0.2) is 0 Å². The van der Waals surface area contributed by atoms with Gasteiger partial charge < -0.3 is 0 Å². The maximum atomic E-state index is 2.39. The lowest BCUT2D eigenvalue weighted by atomic mass is 9.92. The Morgan fingerprint density at radius 1 is 1.23 bits per heavy atom. The van der Waals surface area contributed by atoms with Gasteiger partial charge in [0.05, 0.1) is 0 Å². The zero-order valence-electron chi connectivity index (χ0n) is 9.26. The summed E-state index contributed by atoms with van der Waals surface area (Å²) in [7, 11) is 0. The first-order chi connectivity index (χ1) is 6.36. The van der Waals surface area contributed by atoms with E-state index in [4.69, 9.17) is 0 Å². The van der Waals surface area contributed by atoms with E-state index in [1.54, 1.807) is 5.28 Å². The first-order valence-electron chi connectivity index (χ1n) is 6.01. The quantitative estimate of drug-likeness (QED) is 0.453. The molecular formula is C12H23Al. The van der Waals surface area contributed by atoms with Crippen LogP contribution in [0.2, 0.25) is 15.8 Å². The molecule has 1 heteroatoms. The monoisotopic (exact) mass is 194 g/mol. The van der Waals surface area contributed by atoms with Crippen LogP contribution in [-0.2, 0) is 0 Å². The third kappa shape index (κ3) is 4.34. The van der Waals surface area contributed by atoms with Crippen molar-refractivity contribution in [2.45, 2.75) is 55.4 Å². The van der Waals surface area contributed by atoms with Crippen molar-refractivity contribution >= 4 is 14.1 Å². The van der Waals surface area contributed by atoms with Gasteiger partial charge in [0.2, 0.25) is 0 Å². The Labute approximate surface area is 87.8 Å². The molecule has 0 aromatic heterocycles. The fourth-order valence-corrected chi connectivity index (χ4v) is 4.62. The van der Waals surface area contributed by atoms with Crippen LogP contribution < -0.4 is 0 Å². The minimum absolute atomic E-state index is 0.287. The van der Waals surface area contributed by atoms with Gasteiger partial charge in [-0.2, -0.15) is 0 Å². The molecule has 0 spiro atoms. The molecule has 13 heavy (non-hydrogen) atoms. The summed E-state index contributed by atoms with van der Waals surface area (Å²) < 4.78 is 0. The molecule has 0 fully saturated rings. The van der Waals surface area contributed by atoms with Crippen LogP contribution in [0.1, 0.15) is 39.5 Å². The highest BCUT2D eigenvalue weighted by atomic mass is 27.2. The van der Waals surface area contributed by atoms with Gasteiger partial charge in [0.15, 0.2) is 0 Å². The summed E-state index contributed by atoms with van der Waals surface area (Å²) in [5.41, 5.74) is 0. The van der Waals surface area contributed by atoms with Gasteiger partial charge in [0.25, 0.3) is 14.1 Å². The highest BCUT2D eigenvalue weighted by Gasteiger charge is 2.15. The Bertz CT molecular complexity index is 147. The van der Waals surface area contributed by atoms with Crippen molar-refractivity contribution in [2.24, 2.45) is 5.92 Å². The van der Waals surface area contributed by atoms with E-state index in [0.717, 1.165) is 5.92 Å². The van der Waals surface area contributed by atoms with Gasteiger partial charge in [-0.15, -0.1) is 0 Å². The van der Waals surface area contributed by atoms with Crippen LogP contribution in [0.3, 0.4) is 0 Å². The molecule has 0 aromatic rings. The lowest BCUT2D eigenvalue weighted by Gasteiger charge is -2.18. The molecule has 0 amide bonds. The van der Waals surface area contributed by atoms with E-state index in [1.807, 2.05) is 0 Å². The molecule has 0 bridgehead atoms. The summed E-state index contributed by atoms with van der Waals surface area (Å²) in [4.78, 5) is 0. The van der Waals surface area contributed by atoms with Gasteiger partial charge >= 0.3 is 0 Å². The highest BCUT2D eigenvalue weighted by Crippen LogP contribution is 2.24. The Morgan fingerprint density at radius 2 is 2.00 bits per heavy atom. The van der Waals surface area contributed by atoms with E-state index >= 15 is 0 Å². The summed E-state index contributed by atoms with van der Waals surface area (Å²) in [6.45, 7) is 4.78. The molecule has 1 rings (SSSR count). The van der Waals surface area contributed by atoms with E-state index in [9.17, 15) is 0 Å². The molecule has 0 aliphatic heterocycles. The maximum absolute atomic E-state index is 2.39. The number of hydrogen-bond donors (Lipinski definition) is 0. The molecule has 0 saturated heterocycles. The molecule has 1 atom stereocenters. The minimum atomic E-state index is -0.287. The van der Waals surface area contributed by atoms with Crippen LogP contribution in [0.4, 0.5) is 0 Å². The van der Waals surface area contributed by atoms with E-state index in [-0.39, 0.29) is 14.1 Å². The van der Waals surface area contributed by atoms with Gasteiger partial charge in [-0.3, -0.25) is 0 Å². The molecule has 0 saturated carbocycles. The standard InChI is InChI=1S/C8H13.2C2H5.Al/c1-2-8-6-4-3-5-7-8;2*1-2;/h3-4,8H,1-2,5-7H2;2*1H2,2H3;. The first kappa shape index (κ1) is 11.3. The van der Waals surface area contributed by atoms with Crippen LogP contribution in [0.25, 0.3) is 0 Å². The first-order valence-corrected chi connectivity index (χ1v) is 8.46. The molecule has 0 nitrogen and oxygen atoms in total. The summed E-state index contributed by atoms with van der Waals surface area (Å²) >= 11 is -0.287. The molecule has 1 aliphatic carbocycles. The van der Waals surface area contributed by atoms with Gasteiger partial charge in [-0.05, 0) is 25.2 Å².